The number of carbonyl (C=O) groups excluding carboxylic acids is 1. The van der Waals surface area contributed by atoms with Crippen LogP contribution in [-0.4, -0.2) is 63.6 Å². The molecule has 2 aromatic carbocycles. The molecule has 1 aliphatic heterocycles. The van der Waals surface area contributed by atoms with Crippen molar-refractivity contribution >= 4 is 5.78 Å². The van der Waals surface area contributed by atoms with Crippen LogP contribution in [0.25, 0.3) is 0 Å². The Balaban J connectivity index is 1.60. The molecule has 7 nitrogen and oxygen atoms in total. The van der Waals surface area contributed by atoms with E-state index in [2.05, 4.69) is 11.8 Å². The first-order valence-corrected chi connectivity index (χ1v) is 11.1. The molecule has 34 heavy (non-hydrogen) atoms. The van der Waals surface area contributed by atoms with Gasteiger partial charge in [-0.25, -0.2) is 0 Å². The van der Waals surface area contributed by atoms with Crippen LogP contribution in [0.2, 0.25) is 0 Å². The first-order chi connectivity index (χ1) is 16.4. The zero-order valence-electron chi connectivity index (χ0n) is 20.1. The van der Waals surface area contributed by atoms with Gasteiger partial charge in [0.05, 0.1) is 19.8 Å². The van der Waals surface area contributed by atoms with Crippen LogP contribution >= 0.6 is 0 Å². The van der Waals surface area contributed by atoms with E-state index in [1.807, 2.05) is 36.4 Å². The summed E-state index contributed by atoms with van der Waals surface area (Å²) in [6, 6.07) is 18.8. The lowest BCUT2D eigenvalue weighted by molar-refractivity contribution is -0.452. The van der Waals surface area contributed by atoms with Crippen LogP contribution in [0, 0.1) is 11.8 Å². The number of methoxy groups -OCH3 is 2. The third-order valence-corrected chi connectivity index (χ3v) is 5.86. The minimum Gasteiger partial charge on any atom is -0.374 e. The second kappa shape index (κ2) is 12.2. The molecule has 1 saturated heterocycles. The number of hydrogen-bond acceptors (Lipinski definition) is 7. The highest BCUT2D eigenvalue weighted by Gasteiger charge is 2.56. The Morgan fingerprint density at radius 2 is 1.38 bits per heavy atom. The molecule has 0 saturated carbocycles. The van der Waals surface area contributed by atoms with E-state index in [-0.39, 0.29) is 25.6 Å². The lowest BCUT2D eigenvalue weighted by Crippen LogP contribution is -2.66. The number of carbonyl (C=O) groups is 1. The van der Waals surface area contributed by atoms with Crippen LogP contribution in [0.1, 0.15) is 29.8 Å². The number of Topliss-reactive ketones (excluding diaryl/α,β-unsaturated/α-hetero) is 1. The Labute approximate surface area is 201 Å². The molecule has 1 fully saturated rings. The summed E-state index contributed by atoms with van der Waals surface area (Å²) in [5.41, 5.74) is 1.60. The first-order valence-electron chi connectivity index (χ1n) is 11.1. The molecule has 3 rings (SSSR count). The highest BCUT2D eigenvalue weighted by atomic mass is 16.8. The first kappa shape index (κ1) is 26.0. The van der Waals surface area contributed by atoms with Gasteiger partial charge in [0.2, 0.25) is 17.4 Å². The Morgan fingerprint density at radius 1 is 0.853 bits per heavy atom. The van der Waals surface area contributed by atoms with Crippen LogP contribution in [-0.2, 0) is 35.0 Å². The molecular weight excluding hydrogens is 436 g/mol. The van der Waals surface area contributed by atoms with Crippen molar-refractivity contribution in [1.29, 1.82) is 0 Å². The summed E-state index contributed by atoms with van der Waals surface area (Å²) >= 11 is 0. The second-order valence-corrected chi connectivity index (χ2v) is 8.13. The summed E-state index contributed by atoms with van der Waals surface area (Å²) < 4.78 is 35.3. The fourth-order valence-electron chi connectivity index (χ4n) is 3.56. The van der Waals surface area contributed by atoms with Crippen molar-refractivity contribution < 1.29 is 33.2 Å². The Bertz CT molecular complexity index is 969. The quantitative estimate of drug-likeness (QED) is 0.228. The highest BCUT2D eigenvalue weighted by Crippen LogP contribution is 2.39. The van der Waals surface area contributed by atoms with Crippen LogP contribution < -0.4 is 0 Å². The summed E-state index contributed by atoms with van der Waals surface area (Å²) in [4.78, 5) is 12.1. The summed E-state index contributed by atoms with van der Waals surface area (Å²) in [6.45, 7) is 4.46. The van der Waals surface area contributed by atoms with E-state index in [1.54, 1.807) is 45.2 Å². The maximum atomic E-state index is 12.1. The molecule has 0 N–H and O–H groups in total. The predicted molar refractivity (Wildman–Crippen MR) is 126 cm³/mol. The lowest BCUT2D eigenvalue weighted by Gasteiger charge is -2.51. The topological polar surface area (TPSA) is 72.5 Å². The van der Waals surface area contributed by atoms with E-state index in [4.69, 9.17) is 28.4 Å². The summed E-state index contributed by atoms with van der Waals surface area (Å²) in [7, 11) is 3.07. The van der Waals surface area contributed by atoms with E-state index in [1.165, 1.54) is 7.11 Å². The van der Waals surface area contributed by atoms with Gasteiger partial charge < -0.3 is 28.4 Å². The fraction of sp³-hybridized carbons (Fsp3) is 0.444. The number of rotatable bonds is 10. The Hall–Kier alpha value is -2.57. The molecule has 0 aromatic heterocycles. The summed E-state index contributed by atoms with van der Waals surface area (Å²) in [5, 5.41) is 0. The molecular formula is C27H32O7. The second-order valence-electron chi connectivity index (χ2n) is 8.13. The Kier molecular flexibility index (Phi) is 9.36. The molecule has 7 heteroatoms. The van der Waals surface area contributed by atoms with Crippen LogP contribution in [0.3, 0.4) is 0 Å². The Morgan fingerprint density at radius 3 is 1.94 bits per heavy atom. The van der Waals surface area contributed by atoms with Crippen LogP contribution in [0.4, 0.5) is 0 Å². The monoisotopic (exact) mass is 468 g/mol. The molecule has 1 heterocycles. The smallest absolute Gasteiger partial charge is 0.235 e. The lowest BCUT2D eigenvalue weighted by atomic mass is 10.0. The van der Waals surface area contributed by atoms with E-state index in [0.29, 0.717) is 12.2 Å². The zero-order chi connectivity index (χ0) is 24.4. The van der Waals surface area contributed by atoms with Crippen LogP contribution in [0.15, 0.2) is 60.7 Å². The van der Waals surface area contributed by atoms with Gasteiger partial charge in [0, 0.05) is 19.8 Å². The van der Waals surface area contributed by atoms with Gasteiger partial charge in [-0.1, -0.05) is 66.6 Å². The van der Waals surface area contributed by atoms with E-state index >= 15 is 0 Å². The number of ether oxygens (including phenoxy) is 6. The van der Waals surface area contributed by atoms with Crippen molar-refractivity contribution in [2.24, 2.45) is 0 Å². The summed E-state index contributed by atoms with van der Waals surface area (Å²) in [6.07, 6.45) is -0.980. The number of ketones is 1. The van der Waals surface area contributed by atoms with Gasteiger partial charge in [-0.05, 0) is 25.3 Å². The molecule has 2 aromatic rings. The van der Waals surface area contributed by atoms with Gasteiger partial charge in [-0.2, -0.15) is 0 Å². The fourth-order valence-corrected chi connectivity index (χ4v) is 3.56. The van der Waals surface area contributed by atoms with Crippen molar-refractivity contribution in [3.8, 4) is 11.8 Å². The molecule has 4 atom stereocenters. The number of benzene rings is 2. The average Bonchev–Trinajstić information content (AvgIpc) is 2.87. The largest absolute Gasteiger partial charge is 0.374 e. The molecule has 1 unspecified atom stereocenters. The normalized spacial score (nSPS) is 26.5. The van der Waals surface area contributed by atoms with Gasteiger partial charge in [0.1, 0.15) is 18.8 Å². The number of hydrogen-bond donors (Lipinski definition) is 0. The van der Waals surface area contributed by atoms with Crippen molar-refractivity contribution in [2.45, 2.75) is 44.2 Å². The zero-order valence-corrected chi connectivity index (χ0v) is 20.1. The minimum absolute atomic E-state index is 0.0707. The molecule has 1 aliphatic rings. The highest BCUT2D eigenvalue weighted by molar-refractivity contribution is 6.08. The van der Waals surface area contributed by atoms with Crippen LogP contribution in [0.5, 0.6) is 0 Å². The standard InChI is InChI=1S/C27H32O7/c1-26(29-3)27(2,30-4)34-25(20-32-18-21-12-7-5-8-13-21)24(33-26)19-31-17-11-16-23(28)22-14-9-6-10-15-22/h5-10,12-15,24-25H,17-20H2,1-4H3/t24-,25?,26+,27+/m0/s1. The molecule has 182 valence electrons. The van der Waals surface area contributed by atoms with E-state index < -0.39 is 23.8 Å². The molecule has 0 spiro atoms. The van der Waals surface area contributed by atoms with Crippen molar-refractivity contribution in [1.82, 2.24) is 0 Å². The SMILES string of the molecule is CO[C@]1(C)OC(COCc2ccccc2)[C@H](COCC#CC(=O)c2ccccc2)O[C@@]1(C)OC. The predicted octanol–water partition coefficient (Wildman–Crippen LogP) is 3.62. The van der Waals surface area contributed by atoms with Gasteiger partial charge in [0.25, 0.3) is 0 Å². The third kappa shape index (κ3) is 6.51. The van der Waals surface area contributed by atoms with Gasteiger partial charge >= 0.3 is 0 Å². The molecule has 0 aliphatic carbocycles. The minimum atomic E-state index is -1.17. The van der Waals surface area contributed by atoms with Gasteiger partial charge in [0.15, 0.2) is 0 Å². The maximum absolute atomic E-state index is 12.1. The third-order valence-electron chi connectivity index (χ3n) is 5.86. The average molecular weight is 469 g/mol. The van der Waals surface area contributed by atoms with Gasteiger partial charge in [-0.3, -0.25) is 4.79 Å². The maximum Gasteiger partial charge on any atom is 0.235 e. The van der Waals surface area contributed by atoms with Crippen molar-refractivity contribution in [3.63, 3.8) is 0 Å². The van der Waals surface area contributed by atoms with Gasteiger partial charge in [-0.15, -0.1) is 0 Å². The van der Waals surface area contributed by atoms with Crippen molar-refractivity contribution in [3.05, 3.63) is 71.8 Å². The molecule has 0 amide bonds. The van der Waals surface area contributed by atoms with E-state index in [9.17, 15) is 4.79 Å². The molecule has 0 radical (unpaired) electrons. The summed E-state index contributed by atoms with van der Waals surface area (Å²) in [5.74, 6) is 2.78. The molecule has 0 bridgehead atoms. The van der Waals surface area contributed by atoms with Crippen molar-refractivity contribution in [2.75, 3.05) is 34.0 Å². The van der Waals surface area contributed by atoms with E-state index in [0.717, 1.165) is 5.56 Å².